The number of benzene rings is 1. The van der Waals surface area contributed by atoms with Gasteiger partial charge in [-0.3, -0.25) is 4.90 Å². The minimum atomic E-state index is -0.269. The van der Waals surface area contributed by atoms with Gasteiger partial charge in [0.25, 0.3) is 0 Å². The van der Waals surface area contributed by atoms with E-state index in [9.17, 15) is 4.79 Å². The highest BCUT2D eigenvalue weighted by atomic mass is 16.5. The summed E-state index contributed by atoms with van der Waals surface area (Å²) in [6.45, 7) is 6.25. The lowest BCUT2D eigenvalue weighted by Crippen LogP contribution is -2.50. The number of piperazine rings is 1. The fourth-order valence-corrected chi connectivity index (χ4v) is 2.56. The fraction of sp³-hybridized carbons (Fsp3) is 0.533. The third kappa shape index (κ3) is 3.55. The van der Waals surface area contributed by atoms with Crippen molar-refractivity contribution in [3.8, 4) is 0 Å². The molecule has 0 spiro atoms. The zero-order valence-electron chi connectivity index (χ0n) is 11.7. The van der Waals surface area contributed by atoms with Crippen LogP contribution in [0.2, 0.25) is 0 Å². The molecule has 1 fully saturated rings. The smallest absolute Gasteiger partial charge is 0.337 e. The van der Waals surface area contributed by atoms with Crippen molar-refractivity contribution in [3.63, 3.8) is 0 Å². The Bertz CT molecular complexity index is 434. The maximum Gasteiger partial charge on any atom is 0.337 e. The number of ether oxygens (including phenoxy) is 1. The second kappa shape index (κ2) is 6.68. The summed E-state index contributed by atoms with van der Waals surface area (Å²) < 4.78 is 4.76. The van der Waals surface area contributed by atoms with E-state index in [1.54, 1.807) is 6.07 Å². The third-order valence-corrected chi connectivity index (χ3v) is 3.68. The summed E-state index contributed by atoms with van der Waals surface area (Å²) in [4.78, 5) is 14.0. The molecule has 1 N–H and O–H groups in total. The van der Waals surface area contributed by atoms with Crippen LogP contribution in [0.1, 0.15) is 29.3 Å². The van der Waals surface area contributed by atoms with Gasteiger partial charge < -0.3 is 10.1 Å². The second-order valence-corrected chi connectivity index (χ2v) is 4.93. The second-order valence-electron chi connectivity index (χ2n) is 4.93. The first-order chi connectivity index (χ1) is 9.24. The number of hydrogen-bond donors (Lipinski definition) is 1. The van der Waals surface area contributed by atoms with Crippen LogP contribution in [-0.4, -0.2) is 43.7 Å². The first kappa shape index (κ1) is 14.0. The van der Waals surface area contributed by atoms with Crippen molar-refractivity contribution in [1.82, 2.24) is 10.2 Å². The molecule has 1 aromatic carbocycles. The van der Waals surface area contributed by atoms with Gasteiger partial charge in [-0.25, -0.2) is 4.79 Å². The van der Waals surface area contributed by atoms with Crippen LogP contribution in [0.3, 0.4) is 0 Å². The SMILES string of the molecule is CCC1CNCCN1Cc1cccc(C(=O)OC)c1. The van der Waals surface area contributed by atoms with Crippen LogP contribution >= 0.6 is 0 Å². The van der Waals surface area contributed by atoms with Crippen molar-refractivity contribution in [3.05, 3.63) is 35.4 Å². The molecule has 0 aliphatic carbocycles. The minimum Gasteiger partial charge on any atom is -0.465 e. The fourth-order valence-electron chi connectivity index (χ4n) is 2.56. The van der Waals surface area contributed by atoms with E-state index < -0.39 is 0 Å². The molecule has 0 saturated carbocycles. The van der Waals surface area contributed by atoms with Gasteiger partial charge in [0.2, 0.25) is 0 Å². The van der Waals surface area contributed by atoms with E-state index in [2.05, 4.69) is 23.2 Å². The summed E-state index contributed by atoms with van der Waals surface area (Å²) in [5.74, 6) is -0.269. The first-order valence-corrected chi connectivity index (χ1v) is 6.86. The molecule has 1 heterocycles. The van der Waals surface area contributed by atoms with Crippen LogP contribution in [-0.2, 0) is 11.3 Å². The Labute approximate surface area is 114 Å². The zero-order chi connectivity index (χ0) is 13.7. The molecule has 0 radical (unpaired) electrons. The number of carbonyl (C=O) groups excluding carboxylic acids is 1. The largest absolute Gasteiger partial charge is 0.465 e. The lowest BCUT2D eigenvalue weighted by atomic mass is 10.1. The van der Waals surface area contributed by atoms with E-state index in [1.165, 1.54) is 12.7 Å². The number of nitrogens with one attached hydrogen (secondary N) is 1. The molecule has 1 aliphatic rings. The highest BCUT2D eigenvalue weighted by Crippen LogP contribution is 2.14. The van der Waals surface area contributed by atoms with Gasteiger partial charge in [-0.05, 0) is 24.1 Å². The highest BCUT2D eigenvalue weighted by Gasteiger charge is 2.20. The van der Waals surface area contributed by atoms with Crippen molar-refractivity contribution >= 4 is 5.97 Å². The molecule has 0 aromatic heterocycles. The number of carbonyl (C=O) groups is 1. The summed E-state index contributed by atoms with van der Waals surface area (Å²) in [5.41, 5.74) is 1.80. The summed E-state index contributed by atoms with van der Waals surface area (Å²) in [5, 5.41) is 3.42. The molecule has 1 saturated heterocycles. The average Bonchev–Trinajstić information content (AvgIpc) is 2.47. The van der Waals surface area contributed by atoms with Gasteiger partial charge in [-0.1, -0.05) is 19.1 Å². The van der Waals surface area contributed by atoms with Crippen molar-refractivity contribution in [2.75, 3.05) is 26.7 Å². The normalized spacial score (nSPS) is 20.2. The molecule has 0 bridgehead atoms. The molecular formula is C15H22N2O2. The Morgan fingerprint density at radius 1 is 1.53 bits per heavy atom. The molecule has 0 amide bonds. The topological polar surface area (TPSA) is 41.6 Å². The van der Waals surface area contributed by atoms with E-state index in [4.69, 9.17) is 4.74 Å². The highest BCUT2D eigenvalue weighted by molar-refractivity contribution is 5.89. The molecular weight excluding hydrogens is 240 g/mol. The summed E-state index contributed by atoms with van der Waals surface area (Å²) >= 11 is 0. The van der Waals surface area contributed by atoms with Gasteiger partial charge in [0.1, 0.15) is 0 Å². The van der Waals surface area contributed by atoms with E-state index in [-0.39, 0.29) is 5.97 Å². The molecule has 1 atom stereocenters. The monoisotopic (exact) mass is 262 g/mol. The first-order valence-electron chi connectivity index (χ1n) is 6.86. The molecule has 2 rings (SSSR count). The van der Waals surface area contributed by atoms with Gasteiger partial charge in [0.15, 0.2) is 0 Å². The molecule has 1 aromatic rings. The van der Waals surface area contributed by atoms with Crippen LogP contribution in [0, 0.1) is 0 Å². The lowest BCUT2D eigenvalue weighted by Gasteiger charge is -2.35. The summed E-state index contributed by atoms with van der Waals surface area (Å²) in [6.07, 6.45) is 1.14. The van der Waals surface area contributed by atoms with Crippen LogP contribution in [0.15, 0.2) is 24.3 Å². The summed E-state index contributed by atoms with van der Waals surface area (Å²) in [6, 6.07) is 8.30. The van der Waals surface area contributed by atoms with Gasteiger partial charge in [0, 0.05) is 32.2 Å². The van der Waals surface area contributed by atoms with Gasteiger partial charge in [0.05, 0.1) is 12.7 Å². The number of hydrogen-bond acceptors (Lipinski definition) is 4. The molecule has 1 unspecified atom stereocenters. The van der Waals surface area contributed by atoms with Crippen molar-refractivity contribution in [2.45, 2.75) is 25.9 Å². The lowest BCUT2D eigenvalue weighted by molar-refractivity contribution is 0.0600. The molecule has 4 heteroatoms. The van der Waals surface area contributed by atoms with Crippen molar-refractivity contribution < 1.29 is 9.53 Å². The van der Waals surface area contributed by atoms with Gasteiger partial charge >= 0.3 is 5.97 Å². The third-order valence-electron chi connectivity index (χ3n) is 3.68. The molecule has 104 valence electrons. The van der Waals surface area contributed by atoms with E-state index in [0.717, 1.165) is 32.6 Å². The Hall–Kier alpha value is -1.39. The van der Waals surface area contributed by atoms with Crippen LogP contribution in [0.5, 0.6) is 0 Å². The number of esters is 1. The van der Waals surface area contributed by atoms with Crippen LogP contribution < -0.4 is 5.32 Å². The maximum atomic E-state index is 11.5. The summed E-state index contributed by atoms with van der Waals surface area (Å²) in [7, 11) is 1.42. The standard InChI is InChI=1S/C15H22N2O2/c1-3-14-10-16-7-8-17(14)11-12-5-4-6-13(9-12)15(18)19-2/h4-6,9,14,16H,3,7-8,10-11H2,1-2H3. The zero-order valence-corrected chi connectivity index (χ0v) is 11.7. The average molecular weight is 262 g/mol. The van der Waals surface area contributed by atoms with Gasteiger partial charge in [-0.15, -0.1) is 0 Å². The van der Waals surface area contributed by atoms with E-state index in [0.29, 0.717) is 11.6 Å². The number of rotatable bonds is 4. The maximum absolute atomic E-state index is 11.5. The van der Waals surface area contributed by atoms with Crippen molar-refractivity contribution in [1.29, 1.82) is 0 Å². The Balaban J connectivity index is 2.07. The Morgan fingerprint density at radius 3 is 3.11 bits per heavy atom. The predicted molar refractivity (Wildman–Crippen MR) is 75.1 cm³/mol. The molecule has 19 heavy (non-hydrogen) atoms. The quantitative estimate of drug-likeness (QED) is 0.838. The van der Waals surface area contributed by atoms with Gasteiger partial charge in [-0.2, -0.15) is 0 Å². The van der Waals surface area contributed by atoms with Crippen molar-refractivity contribution in [2.24, 2.45) is 0 Å². The minimum absolute atomic E-state index is 0.269. The van der Waals surface area contributed by atoms with Crippen LogP contribution in [0.25, 0.3) is 0 Å². The van der Waals surface area contributed by atoms with Crippen LogP contribution in [0.4, 0.5) is 0 Å². The Morgan fingerprint density at radius 2 is 2.37 bits per heavy atom. The number of methoxy groups -OCH3 is 1. The van der Waals surface area contributed by atoms with E-state index in [1.807, 2.05) is 12.1 Å². The number of nitrogens with zero attached hydrogens (tertiary/aromatic N) is 1. The molecule has 1 aliphatic heterocycles. The predicted octanol–water partition coefficient (Wildman–Crippen LogP) is 1.66. The molecule has 4 nitrogen and oxygen atoms in total. The van der Waals surface area contributed by atoms with E-state index >= 15 is 0 Å². The Kier molecular flexibility index (Phi) is 4.93.